The van der Waals surface area contributed by atoms with Crippen LogP contribution in [0.1, 0.15) is 41.5 Å². The fourth-order valence-corrected chi connectivity index (χ4v) is 2.98. The first kappa shape index (κ1) is 19.1. The zero-order valence-corrected chi connectivity index (χ0v) is 15.1. The van der Waals surface area contributed by atoms with E-state index in [0.717, 1.165) is 0 Å². The molecule has 0 saturated carbocycles. The van der Waals surface area contributed by atoms with Crippen molar-refractivity contribution < 1.29 is 33.3 Å². The molecule has 2 rings (SSSR count). The molecule has 0 spiro atoms. The van der Waals surface area contributed by atoms with Gasteiger partial charge in [-0.3, -0.25) is 9.59 Å². The Morgan fingerprint density at radius 3 is 2.29 bits per heavy atom. The molecule has 1 N–H and O–H groups in total. The normalized spacial score (nSPS) is 32.3. The Labute approximate surface area is 142 Å². The first-order chi connectivity index (χ1) is 11.0. The van der Waals surface area contributed by atoms with Gasteiger partial charge in [0.2, 0.25) is 5.91 Å². The van der Waals surface area contributed by atoms with Crippen LogP contribution < -0.4 is 5.32 Å². The van der Waals surface area contributed by atoms with E-state index in [1.54, 1.807) is 13.8 Å². The summed E-state index contributed by atoms with van der Waals surface area (Å²) < 4.78 is 28.5. The van der Waals surface area contributed by atoms with Gasteiger partial charge in [-0.05, 0) is 27.7 Å². The van der Waals surface area contributed by atoms with Gasteiger partial charge in [-0.15, -0.1) is 0 Å². The number of carbonyl (C=O) groups is 2. The lowest BCUT2D eigenvalue weighted by molar-refractivity contribution is -0.175. The summed E-state index contributed by atoms with van der Waals surface area (Å²) in [4.78, 5) is 22.7. The Hall–Kier alpha value is -1.22. The fraction of sp³-hybridized carbons (Fsp3) is 0.875. The Morgan fingerprint density at radius 1 is 1.12 bits per heavy atom. The molecule has 2 saturated heterocycles. The summed E-state index contributed by atoms with van der Waals surface area (Å²) in [5.41, 5.74) is 0. The topological polar surface area (TPSA) is 92.3 Å². The van der Waals surface area contributed by atoms with Crippen molar-refractivity contribution in [1.29, 1.82) is 0 Å². The third kappa shape index (κ3) is 4.89. The molecule has 0 radical (unpaired) electrons. The molecule has 0 aromatic rings. The maximum Gasteiger partial charge on any atom is 0.302 e. The zero-order chi connectivity index (χ0) is 18.1. The molecule has 2 aliphatic heterocycles. The molecule has 138 valence electrons. The number of hydrogen-bond donors (Lipinski definition) is 1. The van der Waals surface area contributed by atoms with Crippen molar-refractivity contribution in [3.8, 4) is 0 Å². The quantitative estimate of drug-likeness (QED) is 0.734. The molecule has 0 unspecified atom stereocenters. The van der Waals surface area contributed by atoms with E-state index < -0.39 is 35.8 Å². The largest absolute Gasteiger partial charge is 0.464 e. The molecule has 0 aromatic carbocycles. The molecular formula is C16H27NO7. The van der Waals surface area contributed by atoms with E-state index in [1.165, 1.54) is 13.8 Å². The van der Waals surface area contributed by atoms with Gasteiger partial charge in [-0.25, -0.2) is 0 Å². The smallest absolute Gasteiger partial charge is 0.302 e. The lowest BCUT2D eigenvalue weighted by Gasteiger charge is -2.29. The number of hydrogen-bond acceptors (Lipinski definition) is 7. The minimum Gasteiger partial charge on any atom is -0.464 e. The SMILES string of the molecule is CC(=O)N[C@H](COC(C)=O)[C@H]1OC(C)(C)O[C@@H]1[C@H]1COC(C)(C)O1. The number of nitrogens with one attached hydrogen (secondary N) is 1. The van der Waals surface area contributed by atoms with Crippen molar-refractivity contribution in [2.75, 3.05) is 13.2 Å². The van der Waals surface area contributed by atoms with Crippen LogP contribution in [0.3, 0.4) is 0 Å². The van der Waals surface area contributed by atoms with Crippen LogP contribution >= 0.6 is 0 Å². The van der Waals surface area contributed by atoms with Crippen molar-refractivity contribution in [3.63, 3.8) is 0 Å². The minimum absolute atomic E-state index is 0.00745. The number of carbonyl (C=O) groups excluding carboxylic acids is 2. The van der Waals surface area contributed by atoms with Gasteiger partial charge in [-0.2, -0.15) is 0 Å². The van der Waals surface area contributed by atoms with E-state index in [4.69, 9.17) is 23.7 Å². The summed E-state index contributed by atoms with van der Waals surface area (Å²) in [7, 11) is 0. The van der Waals surface area contributed by atoms with Crippen molar-refractivity contribution in [1.82, 2.24) is 5.32 Å². The van der Waals surface area contributed by atoms with E-state index in [-0.39, 0.29) is 18.6 Å². The summed E-state index contributed by atoms with van der Waals surface area (Å²) in [6.45, 7) is 10.3. The highest BCUT2D eigenvalue weighted by molar-refractivity contribution is 5.73. The van der Waals surface area contributed by atoms with Gasteiger partial charge in [-0.1, -0.05) is 0 Å². The van der Waals surface area contributed by atoms with E-state index >= 15 is 0 Å². The van der Waals surface area contributed by atoms with Gasteiger partial charge in [0, 0.05) is 13.8 Å². The molecule has 2 heterocycles. The van der Waals surface area contributed by atoms with Gasteiger partial charge in [0.1, 0.15) is 24.9 Å². The van der Waals surface area contributed by atoms with E-state index in [9.17, 15) is 9.59 Å². The van der Waals surface area contributed by atoms with Crippen LogP contribution in [0.5, 0.6) is 0 Å². The molecule has 1 amide bonds. The molecule has 24 heavy (non-hydrogen) atoms. The van der Waals surface area contributed by atoms with Gasteiger partial charge < -0.3 is 29.0 Å². The lowest BCUT2D eigenvalue weighted by Crippen LogP contribution is -2.53. The van der Waals surface area contributed by atoms with Gasteiger partial charge in [0.25, 0.3) is 0 Å². The van der Waals surface area contributed by atoms with Crippen LogP contribution in [0.15, 0.2) is 0 Å². The monoisotopic (exact) mass is 345 g/mol. The number of esters is 1. The minimum atomic E-state index is -0.849. The highest BCUT2D eigenvalue weighted by Crippen LogP contribution is 2.36. The molecule has 4 atom stereocenters. The van der Waals surface area contributed by atoms with Crippen LogP contribution in [-0.2, 0) is 33.3 Å². The third-order valence-corrected chi connectivity index (χ3v) is 3.81. The molecule has 8 nitrogen and oxygen atoms in total. The highest BCUT2D eigenvalue weighted by atomic mass is 16.8. The lowest BCUT2D eigenvalue weighted by atomic mass is 10.0. The summed E-state index contributed by atoms with van der Waals surface area (Å²) >= 11 is 0. The van der Waals surface area contributed by atoms with E-state index in [0.29, 0.717) is 6.61 Å². The van der Waals surface area contributed by atoms with Crippen LogP contribution in [0.25, 0.3) is 0 Å². The Balaban J connectivity index is 2.17. The number of amides is 1. The van der Waals surface area contributed by atoms with E-state index in [2.05, 4.69) is 5.32 Å². The predicted octanol–water partition coefficient (Wildman–Crippen LogP) is 0.726. The average molecular weight is 345 g/mol. The Kier molecular flexibility index (Phi) is 5.54. The first-order valence-electron chi connectivity index (χ1n) is 8.07. The second kappa shape index (κ2) is 6.95. The molecule has 2 aliphatic rings. The van der Waals surface area contributed by atoms with Gasteiger partial charge in [0.15, 0.2) is 11.6 Å². The maximum absolute atomic E-state index is 11.5. The standard InChI is InChI=1S/C16H27NO7/c1-9(18)17-11(7-20-10(2)19)13-14(24-16(5,6)23-13)12-8-21-15(3,4)22-12/h11-14H,7-8H2,1-6H3,(H,17,18)/t11-,12-,13-,14-/m1/s1. The van der Waals surface area contributed by atoms with E-state index in [1.807, 2.05) is 13.8 Å². The number of rotatable bonds is 5. The molecule has 8 heteroatoms. The molecular weight excluding hydrogens is 318 g/mol. The number of ether oxygens (including phenoxy) is 5. The van der Waals surface area contributed by atoms with Crippen molar-refractivity contribution in [3.05, 3.63) is 0 Å². The second-order valence-electron chi connectivity index (χ2n) is 7.04. The molecule has 0 aromatic heterocycles. The summed E-state index contributed by atoms with van der Waals surface area (Å²) in [5, 5.41) is 2.77. The Bertz CT molecular complexity index is 491. The molecule has 0 aliphatic carbocycles. The molecule has 0 bridgehead atoms. The first-order valence-corrected chi connectivity index (χ1v) is 8.07. The summed E-state index contributed by atoms with van der Waals surface area (Å²) in [6.07, 6.45) is -1.35. The maximum atomic E-state index is 11.5. The summed E-state index contributed by atoms with van der Waals surface area (Å²) in [6, 6.07) is -0.550. The molecule has 2 fully saturated rings. The Morgan fingerprint density at radius 2 is 1.79 bits per heavy atom. The van der Waals surface area contributed by atoms with Crippen molar-refractivity contribution in [2.45, 2.75) is 77.5 Å². The fourth-order valence-electron chi connectivity index (χ4n) is 2.98. The van der Waals surface area contributed by atoms with Crippen LogP contribution in [-0.4, -0.2) is 61.0 Å². The second-order valence-corrected chi connectivity index (χ2v) is 7.04. The van der Waals surface area contributed by atoms with Gasteiger partial charge >= 0.3 is 5.97 Å². The third-order valence-electron chi connectivity index (χ3n) is 3.81. The zero-order valence-electron chi connectivity index (χ0n) is 15.1. The van der Waals surface area contributed by atoms with Crippen molar-refractivity contribution >= 4 is 11.9 Å². The predicted molar refractivity (Wildman–Crippen MR) is 83.0 cm³/mol. The van der Waals surface area contributed by atoms with Crippen LogP contribution in [0.4, 0.5) is 0 Å². The van der Waals surface area contributed by atoms with Crippen molar-refractivity contribution in [2.24, 2.45) is 0 Å². The van der Waals surface area contributed by atoms with Crippen LogP contribution in [0, 0.1) is 0 Å². The summed E-state index contributed by atoms with van der Waals surface area (Å²) in [5.74, 6) is -2.23. The van der Waals surface area contributed by atoms with Gasteiger partial charge in [0.05, 0.1) is 12.6 Å². The average Bonchev–Trinajstić information content (AvgIpc) is 2.93. The highest BCUT2D eigenvalue weighted by Gasteiger charge is 2.52. The van der Waals surface area contributed by atoms with Crippen LogP contribution in [0.2, 0.25) is 0 Å².